The van der Waals surface area contributed by atoms with Crippen LogP contribution in [-0.4, -0.2) is 0 Å². The quantitative estimate of drug-likeness (QED) is 0.382. The second-order valence-electron chi connectivity index (χ2n) is 1.48. The average molecular weight is 107 g/mol. The first kappa shape index (κ1) is 7.22. The van der Waals surface area contributed by atoms with Crippen molar-refractivity contribution in [3.8, 4) is 0 Å². The first-order chi connectivity index (χ1) is 3.91. The van der Waals surface area contributed by atoms with Gasteiger partial charge >= 0.3 is 0 Å². The van der Waals surface area contributed by atoms with E-state index in [4.69, 9.17) is 6.58 Å². The highest BCUT2D eigenvalue weighted by atomic mass is 13.8. The van der Waals surface area contributed by atoms with Gasteiger partial charge < -0.3 is 0 Å². The van der Waals surface area contributed by atoms with Crippen molar-refractivity contribution in [3.05, 3.63) is 37.5 Å². The molecule has 1 radical (unpaired) electrons. The largest absolute Gasteiger partial charge is 0.0991 e. The topological polar surface area (TPSA) is 0 Å². The van der Waals surface area contributed by atoms with Crippen molar-refractivity contribution >= 4 is 0 Å². The van der Waals surface area contributed by atoms with Gasteiger partial charge in [0.25, 0.3) is 0 Å². The molecule has 0 fully saturated rings. The molecule has 0 atom stereocenters. The van der Waals surface area contributed by atoms with E-state index >= 15 is 0 Å². The van der Waals surface area contributed by atoms with Gasteiger partial charge in [0.05, 0.1) is 0 Å². The van der Waals surface area contributed by atoms with Crippen LogP contribution in [0.2, 0.25) is 0 Å². The Bertz CT molecular complexity index is 88.2. The third kappa shape index (κ3) is 5.22. The Morgan fingerprint density at radius 2 is 2.12 bits per heavy atom. The van der Waals surface area contributed by atoms with E-state index in [1.807, 2.05) is 12.2 Å². The van der Waals surface area contributed by atoms with Gasteiger partial charge in [-0.25, -0.2) is 0 Å². The molecule has 43 valence electrons. The lowest BCUT2D eigenvalue weighted by Gasteiger charge is -1.79. The van der Waals surface area contributed by atoms with Gasteiger partial charge in [0.1, 0.15) is 0 Å². The van der Waals surface area contributed by atoms with Crippen molar-refractivity contribution in [2.75, 3.05) is 0 Å². The minimum absolute atomic E-state index is 0.949. The summed E-state index contributed by atoms with van der Waals surface area (Å²) in [7, 11) is 0. The fraction of sp³-hybridized carbons (Fsp3) is 0.250. The molecule has 0 aromatic heterocycles. The lowest BCUT2D eigenvalue weighted by molar-refractivity contribution is 1.05. The van der Waals surface area contributed by atoms with E-state index in [-0.39, 0.29) is 0 Å². The summed E-state index contributed by atoms with van der Waals surface area (Å²) in [4.78, 5) is 0. The van der Waals surface area contributed by atoms with Crippen molar-refractivity contribution < 1.29 is 0 Å². The Morgan fingerprint density at radius 1 is 1.38 bits per heavy atom. The molecule has 0 nitrogen and oxygen atoms in total. The van der Waals surface area contributed by atoms with E-state index in [0.717, 1.165) is 12.8 Å². The van der Waals surface area contributed by atoms with E-state index in [2.05, 4.69) is 6.58 Å². The third-order valence-corrected chi connectivity index (χ3v) is 0.772. The number of allylic oxidation sites excluding steroid dienone is 4. The second-order valence-corrected chi connectivity index (χ2v) is 1.48. The summed E-state index contributed by atoms with van der Waals surface area (Å²) in [6.45, 7) is 8.66. The maximum atomic E-state index is 5.13. The lowest BCUT2D eigenvalue weighted by atomic mass is 10.3. The maximum absolute atomic E-state index is 5.13. The molecule has 0 N–H and O–H groups in total. The molecule has 8 heavy (non-hydrogen) atoms. The van der Waals surface area contributed by atoms with Crippen LogP contribution in [0.1, 0.15) is 12.8 Å². The van der Waals surface area contributed by atoms with Gasteiger partial charge in [0, 0.05) is 0 Å². The molecule has 0 aromatic carbocycles. The molecule has 0 aliphatic carbocycles. The zero-order valence-electron chi connectivity index (χ0n) is 5.01. The molecule has 0 heterocycles. The van der Waals surface area contributed by atoms with Crippen LogP contribution in [-0.2, 0) is 0 Å². The summed E-state index contributed by atoms with van der Waals surface area (Å²) in [5.41, 5.74) is 0. The SMILES string of the molecule is [CH]=CCCC=CC=C. The molecule has 0 bridgehead atoms. The maximum Gasteiger partial charge on any atom is -0.0313 e. The van der Waals surface area contributed by atoms with Crippen LogP contribution >= 0.6 is 0 Å². The molecule has 0 aliphatic rings. The van der Waals surface area contributed by atoms with Crippen molar-refractivity contribution in [2.24, 2.45) is 0 Å². The molecule has 0 spiro atoms. The summed E-state index contributed by atoms with van der Waals surface area (Å²) in [6, 6.07) is 0. The molecular weight excluding hydrogens is 96.1 g/mol. The number of hydrogen-bond donors (Lipinski definition) is 0. The number of unbranched alkanes of at least 4 members (excludes halogenated alkanes) is 1. The van der Waals surface area contributed by atoms with Crippen LogP contribution in [0.25, 0.3) is 0 Å². The third-order valence-electron chi connectivity index (χ3n) is 0.772. The van der Waals surface area contributed by atoms with E-state index in [9.17, 15) is 0 Å². The minimum atomic E-state index is 0.949. The predicted octanol–water partition coefficient (Wildman–Crippen LogP) is 2.50. The van der Waals surface area contributed by atoms with Crippen LogP contribution in [0.5, 0.6) is 0 Å². The summed E-state index contributed by atoms with van der Waals surface area (Å²) < 4.78 is 0. The van der Waals surface area contributed by atoms with Gasteiger partial charge in [-0.15, -0.1) is 0 Å². The van der Waals surface area contributed by atoms with Crippen LogP contribution in [0.3, 0.4) is 0 Å². The van der Waals surface area contributed by atoms with Gasteiger partial charge in [-0.1, -0.05) is 37.5 Å². The average Bonchev–Trinajstić information content (AvgIpc) is 1.81. The summed E-state index contributed by atoms with van der Waals surface area (Å²) >= 11 is 0. The Balaban J connectivity index is 3.02. The van der Waals surface area contributed by atoms with Crippen molar-refractivity contribution in [1.82, 2.24) is 0 Å². The van der Waals surface area contributed by atoms with Gasteiger partial charge in [-0.2, -0.15) is 0 Å². The highest BCUT2D eigenvalue weighted by Crippen LogP contribution is 1.89. The summed E-state index contributed by atoms with van der Waals surface area (Å²) in [6.07, 6.45) is 9.34. The van der Waals surface area contributed by atoms with E-state index < -0.39 is 0 Å². The molecule has 0 saturated carbocycles. The molecule has 0 aromatic rings. The van der Waals surface area contributed by atoms with E-state index in [1.165, 1.54) is 0 Å². The van der Waals surface area contributed by atoms with Gasteiger partial charge in [-0.05, 0) is 12.8 Å². The second kappa shape index (κ2) is 6.22. The summed E-state index contributed by atoms with van der Waals surface area (Å²) in [5, 5.41) is 0. The standard InChI is InChI=1S/C8H11/c1-3-5-7-8-6-4-2/h1,3-4,6,8H,2,5,7H2. The van der Waals surface area contributed by atoms with Crippen molar-refractivity contribution in [3.63, 3.8) is 0 Å². The van der Waals surface area contributed by atoms with Gasteiger partial charge in [0.2, 0.25) is 0 Å². The van der Waals surface area contributed by atoms with Gasteiger partial charge in [-0.3, -0.25) is 0 Å². The normalized spacial score (nSPS) is 9.50. The molecule has 0 saturated heterocycles. The van der Waals surface area contributed by atoms with Crippen molar-refractivity contribution in [2.45, 2.75) is 12.8 Å². The molecule has 0 rings (SSSR count). The lowest BCUT2D eigenvalue weighted by Crippen LogP contribution is -1.59. The molecule has 0 amide bonds. The van der Waals surface area contributed by atoms with Crippen LogP contribution in [0.15, 0.2) is 30.9 Å². The van der Waals surface area contributed by atoms with E-state index in [1.54, 1.807) is 12.2 Å². The molecule has 0 heteroatoms. The Morgan fingerprint density at radius 3 is 2.62 bits per heavy atom. The highest BCUT2D eigenvalue weighted by Gasteiger charge is 1.69. The molecule has 0 unspecified atom stereocenters. The summed E-state index contributed by atoms with van der Waals surface area (Å²) in [5.74, 6) is 0. The number of rotatable bonds is 4. The highest BCUT2D eigenvalue weighted by molar-refractivity contribution is 4.97. The fourth-order valence-electron chi connectivity index (χ4n) is 0.385. The van der Waals surface area contributed by atoms with Crippen LogP contribution in [0, 0.1) is 6.58 Å². The fourth-order valence-corrected chi connectivity index (χ4v) is 0.385. The Kier molecular flexibility index (Phi) is 5.61. The van der Waals surface area contributed by atoms with E-state index in [0.29, 0.717) is 0 Å². The van der Waals surface area contributed by atoms with Crippen LogP contribution < -0.4 is 0 Å². The smallest absolute Gasteiger partial charge is 0.0313 e. The zero-order valence-corrected chi connectivity index (χ0v) is 5.01. The number of hydrogen-bond acceptors (Lipinski definition) is 0. The van der Waals surface area contributed by atoms with Crippen LogP contribution in [0.4, 0.5) is 0 Å². The first-order valence-corrected chi connectivity index (χ1v) is 2.72. The molecular formula is C8H11. The predicted molar refractivity (Wildman–Crippen MR) is 37.4 cm³/mol. The van der Waals surface area contributed by atoms with Crippen molar-refractivity contribution in [1.29, 1.82) is 0 Å². The minimum Gasteiger partial charge on any atom is -0.0991 e. The Hall–Kier alpha value is -0.780. The Labute approximate surface area is 51.2 Å². The first-order valence-electron chi connectivity index (χ1n) is 2.72. The molecule has 0 aliphatic heterocycles. The monoisotopic (exact) mass is 107 g/mol. The zero-order chi connectivity index (χ0) is 6.24. The van der Waals surface area contributed by atoms with Gasteiger partial charge in [0.15, 0.2) is 0 Å².